The Bertz CT molecular complexity index is 843. The standard InChI is InChI=1S/C18H22N2O3S/c1-12-5-8-16(9-6-12)24(22,23)20-15(4)18(21)19-17-10-7-13(2)11-14(17)3/h5-11,15,20H,1-4H3,(H,19,21). The van der Waals surface area contributed by atoms with Gasteiger partial charge in [0.2, 0.25) is 15.9 Å². The molecule has 128 valence electrons. The van der Waals surface area contributed by atoms with E-state index in [2.05, 4.69) is 10.0 Å². The van der Waals surface area contributed by atoms with Crippen LogP contribution in [0, 0.1) is 20.8 Å². The number of carbonyl (C=O) groups is 1. The van der Waals surface area contributed by atoms with Gasteiger partial charge in [-0.3, -0.25) is 4.79 Å². The van der Waals surface area contributed by atoms with Gasteiger partial charge >= 0.3 is 0 Å². The van der Waals surface area contributed by atoms with Gasteiger partial charge in [-0.1, -0.05) is 35.4 Å². The molecule has 0 aliphatic rings. The molecular formula is C18H22N2O3S. The van der Waals surface area contributed by atoms with E-state index in [1.165, 1.54) is 19.1 Å². The van der Waals surface area contributed by atoms with Crippen molar-refractivity contribution in [1.29, 1.82) is 0 Å². The zero-order valence-corrected chi connectivity index (χ0v) is 15.1. The van der Waals surface area contributed by atoms with Crippen molar-refractivity contribution in [1.82, 2.24) is 4.72 Å². The molecule has 6 heteroatoms. The smallest absolute Gasteiger partial charge is 0.242 e. The molecule has 0 radical (unpaired) electrons. The van der Waals surface area contributed by atoms with Crippen molar-refractivity contribution < 1.29 is 13.2 Å². The lowest BCUT2D eigenvalue weighted by atomic mass is 10.1. The molecule has 0 heterocycles. The van der Waals surface area contributed by atoms with Crippen LogP contribution in [-0.2, 0) is 14.8 Å². The first-order valence-corrected chi connectivity index (χ1v) is 9.14. The Hall–Kier alpha value is -2.18. The Labute approximate surface area is 143 Å². The number of anilines is 1. The Balaban J connectivity index is 2.09. The zero-order valence-electron chi connectivity index (χ0n) is 14.3. The van der Waals surface area contributed by atoms with Gasteiger partial charge in [0, 0.05) is 5.69 Å². The Morgan fingerprint density at radius 1 is 0.958 bits per heavy atom. The van der Waals surface area contributed by atoms with Crippen molar-refractivity contribution in [2.24, 2.45) is 0 Å². The monoisotopic (exact) mass is 346 g/mol. The Kier molecular flexibility index (Phi) is 5.41. The Morgan fingerprint density at radius 2 is 1.54 bits per heavy atom. The molecule has 0 aliphatic carbocycles. The maximum Gasteiger partial charge on any atom is 0.242 e. The summed E-state index contributed by atoms with van der Waals surface area (Å²) in [6.07, 6.45) is 0. The van der Waals surface area contributed by atoms with Crippen LogP contribution >= 0.6 is 0 Å². The van der Waals surface area contributed by atoms with Crippen LogP contribution in [0.1, 0.15) is 23.6 Å². The van der Waals surface area contributed by atoms with E-state index in [1.54, 1.807) is 12.1 Å². The van der Waals surface area contributed by atoms with Gasteiger partial charge in [-0.15, -0.1) is 0 Å². The van der Waals surface area contributed by atoms with Gasteiger partial charge in [-0.05, 0) is 51.5 Å². The first kappa shape index (κ1) is 18.2. The maximum absolute atomic E-state index is 12.3. The quantitative estimate of drug-likeness (QED) is 0.874. The molecule has 1 atom stereocenters. The van der Waals surface area contributed by atoms with E-state index in [0.717, 1.165) is 16.7 Å². The lowest BCUT2D eigenvalue weighted by Crippen LogP contribution is -2.41. The van der Waals surface area contributed by atoms with E-state index in [0.29, 0.717) is 5.69 Å². The van der Waals surface area contributed by atoms with Crippen molar-refractivity contribution in [2.75, 3.05) is 5.32 Å². The molecule has 0 aromatic heterocycles. The highest BCUT2D eigenvalue weighted by Gasteiger charge is 2.22. The summed E-state index contributed by atoms with van der Waals surface area (Å²) in [5, 5.41) is 2.75. The molecule has 2 aromatic carbocycles. The first-order chi connectivity index (χ1) is 11.2. The highest BCUT2D eigenvalue weighted by molar-refractivity contribution is 7.89. The number of amides is 1. The fraction of sp³-hybridized carbons (Fsp3) is 0.278. The fourth-order valence-electron chi connectivity index (χ4n) is 2.27. The summed E-state index contributed by atoms with van der Waals surface area (Å²) in [5.41, 5.74) is 3.66. The van der Waals surface area contributed by atoms with E-state index in [-0.39, 0.29) is 4.90 Å². The summed E-state index contributed by atoms with van der Waals surface area (Å²) >= 11 is 0. The number of aryl methyl sites for hydroxylation is 3. The highest BCUT2D eigenvalue weighted by Crippen LogP contribution is 2.16. The number of nitrogens with one attached hydrogen (secondary N) is 2. The SMILES string of the molecule is Cc1ccc(S(=O)(=O)NC(C)C(=O)Nc2ccc(C)cc2C)cc1. The van der Waals surface area contributed by atoms with Crippen molar-refractivity contribution in [3.63, 3.8) is 0 Å². The molecule has 0 spiro atoms. The van der Waals surface area contributed by atoms with Crippen LogP contribution in [0.15, 0.2) is 47.4 Å². The molecule has 2 rings (SSSR count). The van der Waals surface area contributed by atoms with Crippen LogP contribution in [0.5, 0.6) is 0 Å². The third kappa shape index (κ3) is 4.43. The molecule has 0 fully saturated rings. The van der Waals surface area contributed by atoms with Crippen molar-refractivity contribution in [3.05, 3.63) is 59.2 Å². The Morgan fingerprint density at radius 3 is 2.12 bits per heavy atom. The molecule has 1 unspecified atom stereocenters. The van der Waals surface area contributed by atoms with Crippen LogP contribution < -0.4 is 10.0 Å². The van der Waals surface area contributed by atoms with E-state index in [1.807, 2.05) is 39.0 Å². The third-order valence-electron chi connectivity index (χ3n) is 3.70. The average molecular weight is 346 g/mol. The van der Waals surface area contributed by atoms with Crippen LogP contribution in [0.2, 0.25) is 0 Å². The van der Waals surface area contributed by atoms with Crippen molar-refractivity contribution in [3.8, 4) is 0 Å². The minimum absolute atomic E-state index is 0.138. The number of sulfonamides is 1. The van der Waals surface area contributed by atoms with Gasteiger partial charge < -0.3 is 5.32 Å². The largest absolute Gasteiger partial charge is 0.324 e. The molecule has 2 aromatic rings. The first-order valence-electron chi connectivity index (χ1n) is 7.66. The van der Waals surface area contributed by atoms with Gasteiger partial charge in [-0.2, -0.15) is 4.72 Å². The highest BCUT2D eigenvalue weighted by atomic mass is 32.2. The summed E-state index contributed by atoms with van der Waals surface area (Å²) < 4.78 is 27.1. The van der Waals surface area contributed by atoms with Crippen molar-refractivity contribution >= 4 is 21.6 Å². The van der Waals surface area contributed by atoms with Gasteiger partial charge in [0.05, 0.1) is 10.9 Å². The zero-order chi connectivity index (χ0) is 17.9. The molecule has 0 saturated carbocycles. The summed E-state index contributed by atoms with van der Waals surface area (Å²) in [4.78, 5) is 12.4. The lowest BCUT2D eigenvalue weighted by Gasteiger charge is -2.16. The van der Waals surface area contributed by atoms with Crippen LogP contribution in [0.4, 0.5) is 5.69 Å². The second-order valence-electron chi connectivity index (χ2n) is 5.96. The van der Waals surface area contributed by atoms with E-state index in [4.69, 9.17) is 0 Å². The van der Waals surface area contributed by atoms with Crippen LogP contribution in [-0.4, -0.2) is 20.4 Å². The fourth-order valence-corrected chi connectivity index (χ4v) is 3.47. The lowest BCUT2D eigenvalue weighted by molar-refractivity contribution is -0.117. The number of benzene rings is 2. The predicted octanol–water partition coefficient (Wildman–Crippen LogP) is 2.92. The maximum atomic E-state index is 12.3. The number of hydrogen-bond donors (Lipinski definition) is 2. The van der Waals surface area contributed by atoms with Gasteiger partial charge in [0.15, 0.2) is 0 Å². The molecule has 24 heavy (non-hydrogen) atoms. The van der Waals surface area contributed by atoms with E-state index in [9.17, 15) is 13.2 Å². The molecule has 2 N–H and O–H groups in total. The van der Waals surface area contributed by atoms with Gasteiger partial charge in [0.1, 0.15) is 0 Å². The second-order valence-corrected chi connectivity index (χ2v) is 7.68. The molecule has 0 aliphatic heterocycles. The minimum Gasteiger partial charge on any atom is -0.324 e. The van der Waals surface area contributed by atoms with Crippen LogP contribution in [0.3, 0.4) is 0 Å². The normalized spacial score (nSPS) is 12.7. The summed E-state index contributed by atoms with van der Waals surface area (Å²) in [5.74, 6) is -0.405. The molecule has 1 amide bonds. The van der Waals surface area contributed by atoms with E-state index >= 15 is 0 Å². The van der Waals surface area contributed by atoms with E-state index < -0.39 is 22.0 Å². The summed E-state index contributed by atoms with van der Waals surface area (Å²) in [6.45, 7) is 7.26. The molecule has 0 saturated heterocycles. The second kappa shape index (κ2) is 7.15. The van der Waals surface area contributed by atoms with Crippen molar-refractivity contribution in [2.45, 2.75) is 38.6 Å². The number of hydrogen-bond acceptors (Lipinski definition) is 3. The molecular weight excluding hydrogens is 324 g/mol. The van der Waals surface area contributed by atoms with Gasteiger partial charge in [0.25, 0.3) is 0 Å². The molecule has 5 nitrogen and oxygen atoms in total. The number of rotatable bonds is 5. The predicted molar refractivity (Wildman–Crippen MR) is 95.5 cm³/mol. The topological polar surface area (TPSA) is 75.3 Å². The minimum atomic E-state index is -3.74. The average Bonchev–Trinajstić information content (AvgIpc) is 2.50. The summed E-state index contributed by atoms with van der Waals surface area (Å²) in [7, 11) is -3.74. The van der Waals surface area contributed by atoms with Gasteiger partial charge in [-0.25, -0.2) is 8.42 Å². The summed E-state index contributed by atoms with van der Waals surface area (Å²) in [6, 6.07) is 11.2. The number of carbonyl (C=O) groups excluding carboxylic acids is 1. The third-order valence-corrected chi connectivity index (χ3v) is 5.25. The molecule has 0 bridgehead atoms. The van der Waals surface area contributed by atoms with Crippen LogP contribution in [0.25, 0.3) is 0 Å².